The predicted molar refractivity (Wildman–Crippen MR) is 102 cm³/mol. The van der Waals surface area contributed by atoms with Crippen LogP contribution in [0.3, 0.4) is 0 Å². The molecule has 0 aliphatic carbocycles. The third-order valence-electron chi connectivity index (χ3n) is 3.98. The Hall–Kier alpha value is -3.88. The molecule has 7 nitrogen and oxygen atoms in total. The smallest absolute Gasteiger partial charge is 0.387 e. The van der Waals surface area contributed by atoms with Gasteiger partial charge in [0, 0.05) is 12.4 Å². The van der Waals surface area contributed by atoms with Crippen LogP contribution in [-0.2, 0) is 9.53 Å². The molecule has 30 heavy (non-hydrogen) atoms. The first-order valence-electron chi connectivity index (χ1n) is 8.85. The van der Waals surface area contributed by atoms with Gasteiger partial charge in [-0.25, -0.2) is 9.78 Å². The Morgan fingerprint density at radius 2 is 1.67 bits per heavy atom. The summed E-state index contributed by atoms with van der Waals surface area (Å²) in [4.78, 5) is 31.9. The molecule has 3 rings (SSSR count). The normalized spacial score (nSPS) is 11.6. The number of nitrogens with zero attached hydrogens (tertiary/aromatic N) is 2. The minimum absolute atomic E-state index is 0.00443. The molecule has 2 aromatic carbocycles. The van der Waals surface area contributed by atoms with Crippen molar-refractivity contribution in [3.63, 3.8) is 0 Å². The molecule has 0 spiro atoms. The van der Waals surface area contributed by atoms with Gasteiger partial charge >= 0.3 is 12.6 Å². The highest BCUT2D eigenvalue weighted by molar-refractivity contribution is 5.89. The molecule has 1 heterocycles. The molecule has 1 N–H and O–H groups in total. The van der Waals surface area contributed by atoms with Gasteiger partial charge in [0.05, 0.1) is 12.2 Å². The maximum absolute atomic E-state index is 12.4. The number of hydrogen-bond donors (Lipinski definition) is 1. The van der Waals surface area contributed by atoms with Gasteiger partial charge in [-0.05, 0) is 23.3 Å². The van der Waals surface area contributed by atoms with Crippen LogP contribution in [0.15, 0.2) is 73.2 Å². The topological polar surface area (TPSA) is 90.4 Å². The molecule has 0 aliphatic rings. The molecular weight excluding hydrogens is 396 g/mol. The van der Waals surface area contributed by atoms with Crippen LogP contribution in [0.4, 0.5) is 8.78 Å². The summed E-state index contributed by atoms with van der Waals surface area (Å²) in [6.07, 6.45) is 3.98. The Morgan fingerprint density at radius 3 is 2.30 bits per heavy atom. The lowest BCUT2D eigenvalue weighted by molar-refractivity contribution is -0.124. The van der Waals surface area contributed by atoms with Crippen LogP contribution >= 0.6 is 0 Å². The standard InChI is InChI=1S/C21H17F2N3O4/c22-21(23)30-16-8-6-15(7-9-16)19(14-4-2-1-3-5-14)26-18(27)13-29-20(28)17-12-24-10-11-25-17/h1-12,19,21H,13H2,(H,26,27)/t19-/m0/s1. The van der Waals surface area contributed by atoms with E-state index in [1.165, 1.54) is 30.7 Å². The Kier molecular flexibility index (Phi) is 6.99. The van der Waals surface area contributed by atoms with Gasteiger partial charge in [-0.15, -0.1) is 0 Å². The Bertz CT molecular complexity index is 971. The number of benzene rings is 2. The van der Waals surface area contributed by atoms with E-state index in [2.05, 4.69) is 20.0 Å². The van der Waals surface area contributed by atoms with Crippen molar-refractivity contribution in [3.8, 4) is 5.75 Å². The number of halogens is 2. The summed E-state index contributed by atoms with van der Waals surface area (Å²) in [7, 11) is 0. The van der Waals surface area contributed by atoms with E-state index in [-0.39, 0.29) is 11.4 Å². The Morgan fingerprint density at radius 1 is 0.967 bits per heavy atom. The molecule has 0 fully saturated rings. The third kappa shape index (κ3) is 5.81. The summed E-state index contributed by atoms with van der Waals surface area (Å²) in [5.74, 6) is -1.32. The molecule has 1 amide bonds. The first kappa shape index (κ1) is 20.8. The predicted octanol–water partition coefficient (Wildman–Crippen LogP) is 3.14. The number of carbonyl (C=O) groups is 2. The molecule has 0 bridgehead atoms. The average molecular weight is 413 g/mol. The van der Waals surface area contributed by atoms with Crippen molar-refractivity contribution in [1.29, 1.82) is 0 Å². The van der Waals surface area contributed by atoms with Crippen LogP contribution in [0, 0.1) is 0 Å². The van der Waals surface area contributed by atoms with E-state index in [0.29, 0.717) is 5.56 Å². The molecule has 1 atom stereocenters. The van der Waals surface area contributed by atoms with Gasteiger partial charge in [-0.1, -0.05) is 42.5 Å². The number of amides is 1. The van der Waals surface area contributed by atoms with E-state index >= 15 is 0 Å². The summed E-state index contributed by atoms with van der Waals surface area (Å²) in [5.41, 5.74) is 1.38. The second-order valence-electron chi connectivity index (χ2n) is 6.03. The molecule has 0 radical (unpaired) electrons. The van der Waals surface area contributed by atoms with Crippen LogP contribution in [-0.4, -0.2) is 35.1 Å². The summed E-state index contributed by atoms with van der Waals surface area (Å²) in [5, 5.41) is 2.78. The van der Waals surface area contributed by atoms with Crippen molar-refractivity contribution in [2.45, 2.75) is 12.7 Å². The van der Waals surface area contributed by atoms with E-state index < -0.39 is 31.1 Å². The summed E-state index contributed by atoms with van der Waals surface area (Å²) in [6, 6.07) is 14.4. The van der Waals surface area contributed by atoms with E-state index in [1.54, 1.807) is 36.4 Å². The maximum atomic E-state index is 12.4. The molecule has 3 aromatic rings. The lowest BCUT2D eigenvalue weighted by Crippen LogP contribution is -2.33. The first-order chi connectivity index (χ1) is 14.5. The van der Waals surface area contributed by atoms with Crippen molar-refractivity contribution < 1.29 is 27.8 Å². The van der Waals surface area contributed by atoms with Crippen molar-refractivity contribution in [2.75, 3.05) is 6.61 Å². The number of rotatable bonds is 8. The van der Waals surface area contributed by atoms with Gasteiger partial charge in [0.2, 0.25) is 0 Å². The van der Waals surface area contributed by atoms with Crippen molar-refractivity contribution in [2.24, 2.45) is 0 Å². The molecule has 0 aliphatic heterocycles. The fourth-order valence-corrected chi connectivity index (χ4v) is 2.66. The maximum Gasteiger partial charge on any atom is 0.387 e. The quantitative estimate of drug-likeness (QED) is 0.571. The van der Waals surface area contributed by atoms with Crippen LogP contribution in [0.1, 0.15) is 27.7 Å². The third-order valence-corrected chi connectivity index (χ3v) is 3.98. The summed E-state index contributed by atoms with van der Waals surface area (Å²) >= 11 is 0. The number of esters is 1. The summed E-state index contributed by atoms with van der Waals surface area (Å²) in [6.45, 7) is -3.45. The fraction of sp³-hybridized carbons (Fsp3) is 0.143. The molecular formula is C21H17F2N3O4. The van der Waals surface area contributed by atoms with Crippen molar-refractivity contribution in [1.82, 2.24) is 15.3 Å². The van der Waals surface area contributed by atoms with Gasteiger partial charge in [-0.2, -0.15) is 8.78 Å². The van der Waals surface area contributed by atoms with Gasteiger partial charge in [0.25, 0.3) is 5.91 Å². The summed E-state index contributed by atoms with van der Waals surface area (Å²) < 4.78 is 34.0. The van der Waals surface area contributed by atoms with Crippen LogP contribution in [0.25, 0.3) is 0 Å². The lowest BCUT2D eigenvalue weighted by atomic mass is 9.98. The number of nitrogens with one attached hydrogen (secondary N) is 1. The second-order valence-corrected chi connectivity index (χ2v) is 6.03. The number of carbonyl (C=O) groups excluding carboxylic acids is 2. The van der Waals surface area contributed by atoms with E-state index in [4.69, 9.17) is 4.74 Å². The molecule has 0 saturated heterocycles. The molecule has 9 heteroatoms. The highest BCUT2D eigenvalue weighted by atomic mass is 19.3. The SMILES string of the molecule is O=C(COC(=O)c1cnccn1)N[C@@H](c1ccccc1)c1ccc(OC(F)F)cc1. The van der Waals surface area contributed by atoms with Crippen LogP contribution in [0.5, 0.6) is 5.75 Å². The minimum atomic E-state index is -2.93. The van der Waals surface area contributed by atoms with Gasteiger partial charge < -0.3 is 14.8 Å². The monoisotopic (exact) mass is 413 g/mol. The zero-order valence-electron chi connectivity index (χ0n) is 15.6. The highest BCUT2D eigenvalue weighted by Crippen LogP contribution is 2.24. The van der Waals surface area contributed by atoms with Gasteiger partial charge in [0.15, 0.2) is 12.3 Å². The number of aromatic nitrogens is 2. The van der Waals surface area contributed by atoms with Gasteiger partial charge in [-0.3, -0.25) is 9.78 Å². The van der Waals surface area contributed by atoms with E-state index in [1.807, 2.05) is 6.07 Å². The zero-order valence-corrected chi connectivity index (χ0v) is 15.6. The Labute approximate surface area is 170 Å². The number of alkyl halides is 2. The highest BCUT2D eigenvalue weighted by Gasteiger charge is 2.19. The molecule has 154 valence electrons. The van der Waals surface area contributed by atoms with Gasteiger partial charge in [0.1, 0.15) is 5.75 Å². The number of ether oxygens (including phenoxy) is 2. The largest absolute Gasteiger partial charge is 0.451 e. The first-order valence-corrected chi connectivity index (χ1v) is 8.85. The van der Waals surface area contributed by atoms with Crippen molar-refractivity contribution in [3.05, 3.63) is 90.0 Å². The molecule has 0 unspecified atom stereocenters. The van der Waals surface area contributed by atoms with Crippen molar-refractivity contribution >= 4 is 11.9 Å². The van der Waals surface area contributed by atoms with E-state index in [0.717, 1.165) is 5.56 Å². The Balaban J connectivity index is 1.70. The second kappa shape index (κ2) is 10.1. The molecule has 0 saturated carbocycles. The fourth-order valence-electron chi connectivity index (χ4n) is 2.66. The minimum Gasteiger partial charge on any atom is -0.451 e. The average Bonchev–Trinajstić information content (AvgIpc) is 2.77. The van der Waals surface area contributed by atoms with E-state index in [9.17, 15) is 18.4 Å². The number of hydrogen-bond acceptors (Lipinski definition) is 6. The zero-order chi connectivity index (χ0) is 21.3. The molecule has 1 aromatic heterocycles. The van der Waals surface area contributed by atoms with Crippen LogP contribution in [0.2, 0.25) is 0 Å². The van der Waals surface area contributed by atoms with Crippen LogP contribution < -0.4 is 10.1 Å². The lowest BCUT2D eigenvalue weighted by Gasteiger charge is -2.20.